The van der Waals surface area contributed by atoms with Crippen LogP contribution >= 0.6 is 0 Å². The van der Waals surface area contributed by atoms with Crippen molar-refractivity contribution in [1.82, 2.24) is 20.6 Å². The minimum Gasteiger partial charge on any atom is -0.458 e. The summed E-state index contributed by atoms with van der Waals surface area (Å²) in [5.41, 5.74) is -0.00632. The quantitative estimate of drug-likeness (QED) is 0.267. The lowest BCUT2D eigenvalue weighted by Crippen LogP contribution is -2.44. The summed E-state index contributed by atoms with van der Waals surface area (Å²) in [6.07, 6.45) is 2.03. The van der Waals surface area contributed by atoms with E-state index in [1.165, 1.54) is 6.33 Å². The van der Waals surface area contributed by atoms with Crippen LogP contribution in [0.1, 0.15) is 87.3 Å². The fraction of sp³-hybridized carbons (Fsp3) is 0.519. The molecule has 0 fully saturated rings. The first-order valence-electron chi connectivity index (χ1n) is 12.6. The Labute approximate surface area is 223 Å². The molecule has 0 spiro atoms. The number of esters is 1. The Balaban J connectivity index is 2.03. The first kappa shape index (κ1) is 30.3. The number of carbonyl (C=O) groups is 4. The van der Waals surface area contributed by atoms with Crippen LogP contribution in [0.25, 0.3) is 0 Å². The van der Waals surface area contributed by atoms with E-state index < -0.39 is 41.1 Å². The van der Waals surface area contributed by atoms with Crippen LogP contribution in [0.5, 0.6) is 0 Å². The molecule has 0 saturated carbocycles. The van der Waals surface area contributed by atoms with Crippen LogP contribution < -0.4 is 16.0 Å². The van der Waals surface area contributed by atoms with E-state index in [9.17, 15) is 19.2 Å². The highest BCUT2D eigenvalue weighted by Crippen LogP contribution is 2.15. The van der Waals surface area contributed by atoms with Gasteiger partial charge in [-0.3, -0.25) is 9.59 Å². The summed E-state index contributed by atoms with van der Waals surface area (Å²) in [4.78, 5) is 57.2. The maximum absolute atomic E-state index is 13.1. The number of aromatic nitrogens is 2. The number of nitrogens with one attached hydrogen (secondary N) is 4. The molecule has 0 aliphatic rings. The van der Waals surface area contributed by atoms with Gasteiger partial charge in [0.15, 0.2) is 5.69 Å². The van der Waals surface area contributed by atoms with Gasteiger partial charge in [-0.05, 0) is 85.4 Å². The van der Waals surface area contributed by atoms with Crippen molar-refractivity contribution in [3.05, 3.63) is 47.5 Å². The molecular weight excluding hydrogens is 490 g/mol. The third kappa shape index (κ3) is 10.6. The van der Waals surface area contributed by atoms with E-state index in [4.69, 9.17) is 9.47 Å². The number of amides is 3. The Kier molecular flexibility index (Phi) is 10.4. The number of anilines is 1. The van der Waals surface area contributed by atoms with Crippen LogP contribution in [0.4, 0.5) is 10.5 Å². The van der Waals surface area contributed by atoms with Crippen molar-refractivity contribution in [1.29, 1.82) is 0 Å². The summed E-state index contributed by atoms with van der Waals surface area (Å²) in [5.74, 6) is -1.83. The second-order valence-electron chi connectivity index (χ2n) is 10.9. The zero-order valence-electron chi connectivity index (χ0n) is 23.2. The van der Waals surface area contributed by atoms with E-state index in [1.54, 1.807) is 59.7 Å². The van der Waals surface area contributed by atoms with Gasteiger partial charge in [-0.15, -0.1) is 0 Å². The number of carbonyl (C=O) groups excluding carboxylic acids is 4. The SMILES string of the molecule is Cc1cccc(NC(=O)c2nc[nH]c2C(=O)N[C@@H](CCCCNC(=O)OC(C)(C)C)C(=O)OC(C)(C)C)c1. The largest absolute Gasteiger partial charge is 0.458 e. The van der Waals surface area contributed by atoms with E-state index >= 15 is 0 Å². The third-order valence-corrected chi connectivity index (χ3v) is 4.94. The number of imidazole rings is 1. The maximum Gasteiger partial charge on any atom is 0.407 e. The van der Waals surface area contributed by atoms with Crippen molar-refractivity contribution in [2.24, 2.45) is 0 Å². The molecule has 0 aliphatic carbocycles. The van der Waals surface area contributed by atoms with E-state index in [0.717, 1.165) is 5.56 Å². The monoisotopic (exact) mass is 529 g/mol. The highest BCUT2D eigenvalue weighted by molar-refractivity contribution is 6.10. The van der Waals surface area contributed by atoms with Crippen molar-refractivity contribution in [3.63, 3.8) is 0 Å². The third-order valence-electron chi connectivity index (χ3n) is 4.94. The van der Waals surface area contributed by atoms with Gasteiger partial charge < -0.3 is 30.4 Å². The van der Waals surface area contributed by atoms with Crippen molar-refractivity contribution >= 4 is 29.6 Å². The molecule has 1 aromatic carbocycles. The summed E-state index contributed by atoms with van der Waals surface area (Å²) in [6, 6.07) is 6.25. The van der Waals surface area contributed by atoms with Crippen molar-refractivity contribution < 1.29 is 28.7 Å². The molecule has 0 saturated heterocycles. The predicted octanol–water partition coefficient (Wildman–Crippen LogP) is 4.11. The van der Waals surface area contributed by atoms with Crippen molar-refractivity contribution in [2.45, 2.75) is 85.0 Å². The average Bonchev–Trinajstić information content (AvgIpc) is 3.26. The number of unbranched alkanes of at least 4 members (excludes halogenated alkanes) is 1. The fourth-order valence-electron chi connectivity index (χ4n) is 3.38. The van der Waals surface area contributed by atoms with Crippen molar-refractivity contribution in [2.75, 3.05) is 11.9 Å². The van der Waals surface area contributed by atoms with E-state index in [1.807, 2.05) is 13.0 Å². The van der Waals surface area contributed by atoms with Crippen LogP contribution in [-0.2, 0) is 14.3 Å². The smallest absolute Gasteiger partial charge is 0.407 e. The summed E-state index contributed by atoms with van der Waals surface area (Å²) in [6.45, 7) is 12.8. The Hall–Kier alpha value is -3.89. The van der Waals surface area contributed by atoms with Crippen LogP contribution in [0.3, 0.4) is 0 Å². The molecule has 0 unspecified atom stereocenters. The van der Waals surface area contributed by atoms with E-state index in [2.05, 4.69) is 25.9 Å². The minimum atomic E-state index is -0.973. The number of nitrogens with zero attached hydrogens (tertiary/aromatic N) is 1. The van der Waals surface area contributed by atoms with Gasteiger partial charge in [-0.25, -0.2) is 14.6 Å². The standard InChI is InChI=1S/C27H39N5O6/c1-17-11-10-12-18(15-17)31-22(33)20-21(30-16-29-20)23(34)32-19(24(35)37-26(2,3)4)13-8-9-14-28-25(36)38-27(5,6)7/h10-12,15-16,19H,8-9,13-14H2,1-7H3,(H,28,36)(H,29,30)(H,31,33)(H,32,34)/t19-/m0/s1. The van der Waals surface area contributed by atoms with Gasteiger partial charge >= 0.3 is 12.1 Å². The molecule has 2 aromatic rings. The number of alkyl carbamates (subject to hydrolysis) is 1. The summed E-state index contributed by atoms with van der Waals surface area (Å²) in [5, 5.41) is 8.05. The lowest BCUT2D eigenvalue weighted by molar-refractivity contribution is -0.157. The van der Waals surface area contributed by atoms with Crippen molar-refractivity contribution in [3.8, 4) is 0 Å². The zero-order chi connectivity index (χ0) is 28.5. The van der Waals surface area contributed by atoms with Crippen LogP contribution in [-0.4, -0.2) is 57.6 Å². The molecule has 1 atom stereocenters. The number of rotatable bonds is 10. The lowest BCUT2D eigenvalue weighted by atomic mass is 10.1. The number of H-pyrrole nitrogens is 1. The highest BCUT2D eigenvalue weighted by atomic mass is 16.6. The molecule has 1 aromatic heterocycles. The second kappa shape index (κ2) is 13.1. The van der Waals surface area contributed by atoms with Gasteiger partial charge in [0.05, 0.1) is 6.33 Å². The Bertz CT molecular complexity index is 1130. The second-order valence-corrected chi connectivity index (χ2v) is 10.9. The van der Waals surface area contributed by atoms with Crippen LogP contribution in [0.2, 0.25) is 0 Å². The molecule has 2 rings (SSSR count). The topological polar surface area (TPSA) is 152 Å². The number of ether oxygens (including phenoxy) is 2. The zero-order valence-corrected chi connectivity index (χ0v) is 23.2. The molecule has 38 heavy (non-hydrogen) atoms. The number of hydrogen-bond donors (Lipinski definition) is 4. The van der Waals surface area contributed by atoms with Crippen LogP contribution in [0.15, 0.2) is 30.6 Å². The molecule has 3 amide bonds. The molecule has 208 valence electrons. The number of aryl methyl sites for hydroxylation is 1. The maximum atomic E-state index is 13.1. The molecule has 11 nitrogen and oxygen atoms in total. The summed E-state index contributed by atoms with van der Waals surface area (Å²) >= 11 is 0. The number of aromatic amines is 1. The number of benzene rings is 1. The number of hydrogen-bond acceptors (Lipinski definition) is 7. The average molecular weight is 530 g/mol. The Morgan fingerprint density at radius 2 is 1.66 bits per heavy atom. The first-order chi connectivity index (χ1) is 17.6. The van der Waals surface area contributed by atoms with Crippen LogP contribution in [0, 0.1) is 6.92 Å². The summed E-state index contributed by atoms with van der Waals surface area (Å²) < 4.78 is 10.7. The Morgan fingerprint density at radius 3 is 2.29 bits per heavy atom. The molecule has 11 heteroatoms. The lowest BCUT2D eigenvalue weighted by Gasteiger charge is -2.24. The van der Waals surface area contributed by atoms with Gasteiger partial charge in [0.2, 0.25) is 0 Å². The predicted molar refractivity (Wildman–Crippen MR) is 143 cm³/mol. The molecule has 0 bridgehead atoms. The van der Waals surface area contributed by atoms with Gasteiger partial charge in [0, 0.05) is 12.2 Å². The molecule has 4 N–H and O–H groups in total. The minimum absolute atomic E-state index is 0.0738. The fourth-order valence-corrected chi connectivity index (χ4v) is 3.38. The molecule has 0 radical (unpaired) electrons. The highest BCUT2D eigenvalue weighted by Gasteiger charge is 2.29. The molecule has 0 aliphatic heterocycles. The summed E-state index contributed by atoms with van der Waals surface area (Å²) in [7, 11) is 0. The Morgan fingerprint density at radius 1 is 0.974 bits per heavy atom. The van der Waals surface area contributed by atoms with Gasteiger partial charge in [-0.2, -0.15) is 0 Å². The van der Waals surface area contributed by atoms with E-state index in [-0.39, 0.29) is 17.8 Å². The molecular formula is C27H39N5O6. The first-order valence-corrected chi connectivity index (χ1v) is 12.6. The van der Waals surface area contributed by atoms with Gasteiger partial charge in [0.25, 0.3) is 11.8 Å². The van der Waals surface area contributed by atoms with E-state index in [0.29, 0.717) is 25.1 Å². The normalized spacial score (nSPS) is 12.3. The van der Waals surface area contributed by atoms with Gasteiger partial charge in [-0.1, -0.05) is 12.1 Å². The van der Waals surface area contributed by atoms with Gasteiger partial charge in [0.1, 0.15) is 22.9 Å². The molecule has 1 heterocycles.